The number of hydrogen-bond donors (Lipinski definition) is 2. The Hall–Kier alpha value is -1.40. The van der Waals surface area contributed by atoms with Gasteiger partial charge in [0.05, 0.1) is 17.5 Å². The molecule has 1 aromatic rings. The van der Waals surface area contributed by atoms with E-state index in [2.05, 4.69) is 10.6 Å². The summed E-state index contributed by atoms with van der Waals surface area (Å²) in [6.07, 6.45) is 3.47. The number of carbonyl (C=O) groups is 1. The molecule has 0 radical (unpaired) electrons. The molecule has 0 spiro atoms. The van der Waals surface area contributed by atoms with E-state index in [1.54, 1.807) is 24.3 Å². The van der Waals surface area contributed by atoms with Crippen LogP contribution in [-0.4, -0.2) is 33.2 Å². The molecule has 1 aliphatic carbocycles. The molecular weight excluding hydrogens is 276 g/mol. The van der Waals surface area contributed by atoms with Gasteiger partial charge in [0.15, 0.2) is 9.84 Å². The Morgan fingerprint density at radius 2 is 1.90 bits per heavy atom. The maximum atomic E-state index is 11.7. The van der Waals surface area contributed by atoms with Crippen molar-refractivity contribution in [1.29, 1.82) is 0 Å². The molecule has 1 amide bonds. The first-order valence-electron chi connectivity index (χ1n) is 6.69. The molecule has 1 aliphatic rings. The van der Waals surface area contributed by atoms with Gasteiger partial charge >= 0.3 is 0 Å². The van der Waals surface area contributed by atoms with Gasteiger partial charge in [0, 0.05) is 12.3 Å². The van der Waals surface area contributed by atoms with Crippen molar-refractivity contribution in [3.8, 4) is 0 Å². The van der Waals surface area contributed by atoms with Crippen molar-refractivity contribution >= 4 is 15.7 Å². The Balaban J connectivity index is 1.91. The van der Waals surface area contributed by atoms with Crippen molar-refractivity contribution in [3.05, 3.63) is 29.8 Å². The number of rotatable bonds is 6. The number of nitrogens with one attached hydrogen (secondary N) is 2. The van der Waals surface area contributed by atoms with Gasteiger partial charge in [-0.1, -0.05) is 12.1 Å². The quantitative estimate of drug-likeness (QED) is 0.822. The highest BCUT2D eigenvalue weighted by Crippen LogP contribution is 2.18. The highest BCUT2D eigenvalue weighted by atomic mass is 32.2. The van der Waals surface area contributed by atoms with Crippen LogP contribution in [0.4, 0.5) is 0 Å². The number of sulfone groups is 1. The number of hydrogen-bond acceptors (Lipinski definition) is 4. The SMILES string of the molecule is CC(NC(=O)CNC1CC1)c1ccc(S(C)(=O)=O)cc1. The molecule has 1 saturated carbocycles. The molecule has 1 aromatic carbocycles. The zero-order valence-electron chi connectivity index (χ0n) is 11.7. The summed E-state index contributed by atoms with van der Waals surface area (Å²) in [6, 6.07) is 6.96. The summed E-state index contributed by atoms with van der Waals surface area (Å²) in [4.78, 5) is 12.0. The highest BCUT2D eigenvalue weighted by Gasteiger charge is 2.21. The molecule has 5 nitrogen and oxygen atoms in total. The van der Waals surface area contributed by atoms with E-state index in [-0.39, 0.29) is 16.8 Å². The molecule has 1 unspecified atom stereocenters. The van der Waals surface area contributed by atoms with E-state index in [9.17, 15) is 13.2 Å². The summed E-state index contributed by atoms with van der Waals surface area (Å²) in [7, 11) is -3.18. The maximum Gasteiger partial charge on any atom is 0.234 e. The molecule has 6 heteroatoms. The van der Waals surface area contributed by atoms with Crippen molar-refractivity contribution in [1.82, 2.24) is 10.6 Å². The first-order chi connectivity index (χ1) is 9.36. The van der Waals surface area contributed by atoms with Gasteiger partial charge in [-0.2, -0.15) is 0 Å². The van der Waals surface area contributed by atoms with Crippen LogP contribution in [0.3, 0.4) is 0 Å². The summed E-state index contributed by atoms with van der Waals surface area (Å²) in [5.41, 5.74) is 0.886. The lowest BCUT2D eigenvalue weighted by Gasteiger charge is -2.15. The van der Waals surface area contributed by atoms with Crippen LogP contribution in [0.25, 0.3) is 0 Å². The van der Waals surface area contributed by atoms with E-state index in [0.717, 1.165) is 18.4 Å². The first-order valence-corrected chi connectivity index (χ1v) is 8.58. The molecule has 2 N–H and O–H groups in total. The van der Waals surface area contributed by atoms with E-state index in [1.807, 2.05) is 6.92 Å². The van der Waals surface area contributed by atoms with E-state index in [4.69, 9.17) is 0 Å². The van der Waals surface area contributed by atoms with E-state index in [1.165, 1.54) is 6.26 Å². The lowest BCUT2D eigenvalue weighted by Crippen LogP contribution is -2.36. The van der Waals surface area contributed by atoms with Gasteiger partial charge in [-0.3, -0.25) is 4.79 Å². The molecule has 1 fully saturated rings. The van der Waals surface area contributed by atoms with Gasteiger partial charge in [0.1, 0.15) is 0 Å². The largest absolute Gasteiger partial charge is 0.348 e. The standard InChI is InChI=1S/C14H20N2O3S/c1-10(16-14(17)9-15-12-5-6-12)11-3-7-13(8-4-11)20(2,18)19/h3-4,7-8,10,12,15H,5-6,9H2,1-2H3,(H,16,17). The molecule has 1 atom stereocenters. The molecule has 0 heterocycles. The Kier molecular flexibility index (Phi) is 4.45. The molecule has 0 bridgehead atoms. The first kappa shape index (κ1) is 15.0. The average molecular weight is 296 g/mol. The van der Waals surface area contributed by atoms with E-state index in [0.29, 0.717) is 12.6 Å². The number of benzene rings is 1. The fraction of sp³-hybridized carbons (Fsp3) is 0.500. The minimum Gasteiger partial charge on any atom is -0.348 e. The topological polar surface area (TPSA) is 75.3 Å². The van der Waals surface area contributed by atoms with Crippen LogP contribution in [0, 0.1) is 0 Å². The Labute approximate surface area is 119 Å². The minimum absolute atomic E-state index is 0.0448. The fourth-order valence-electron chi connectivity index (χ4n) is 1.90. The summed E-state index contributed by atoms with van der Waals surface area (Å²) >= 11 is 0. The second-order valence-electron chi connectivity index (χ2n) is 5.29. The Bertz CT molecular complexity index is 577. The zero-order valence-corrected chi connectivity index (χ0v) is 12.5. The van der Waals surface area contributed by atoms with E-state index >= 15 is 0 Å². The maximum absolute atomic E-state index is 11.7. The average Bonchev–Trinajstić information content (AvgIpc) is 3.19. The summed E-state index contributed by atoms with van der Waals surface area (Å²) in [6.45, 7) is 2.21. The van der Waals surface area contributed by atoms with Crippen LogP contribution in [0.1, 0.15) is 31.4 Å². The van der Waals surface area contributed by atoms with Crippen LogP contribution in [0.2, 0.25) is 0 Å². The highest BCUT2D eigenvalue weighted by molar-refractivity contribution is 7.90. The number of carbonyl (C=O) groups excluding carboxylic acids is 1. The van der Waals surface area contributed by atoms with Gasteiger partial charge < -0.3 is 10.6 Å². The van der Waals surface area contributed by atoms with Crippen molar-refractivity contribution < 1.29 is 13.2 Å². The molecule has 0 aliphatic heterocycles. The zero-order chi connectivity index (χ0) is 14.8. The predicted molar refractivity (Wildman–Crippen MR) is 77.1 cm³/mol. The van der Waals surface area contributed by atoms with Crippen molar-refractivity contribution in [2.24, 2.45) is 0 Å². The van der Waals surface area contributed by atoms with Crippen molar-refractivity contribution in [2.45, 2.75) is 36.7 Å². The van der Waals surface area contributed by atoms with Crippen LogP contribution in [-0.2, 0) is 14.6 Å². The second-order valence-corrected chi connectivity index (χ2v) is 7.30. The van der Waals surface area contributed by atoms with Gasteiger partial charge in [0.2, 0.25) is 5.91 Å². The van der Waals surface area contributed by atoms with Gasteiger partial charge in [0.25, 0.3) is 0 Å². The predicted octanol–water partition coefficient (Wildman–Crippen LogP) is 1.02. The van der Waals surface area contributed by atoms with Crippen molar-refractivity contribution in [3.63, 3.8) is 0 Å². The molecule has 20 heavy (non-hydrogen) atoms. The van der Waals surface area contributed by atoms with Crippen LogP contribution >= 0.6 is 0 Å². The minimum atomic E-state index is -3.18. The Morgan fingerprint density at radius 1 is 1.30 bits per heavy atom. The van der Waals surface area contributed by atoms with Crippen LogP contribution in [0.15, 0.2) is 29.2 Å². The van der Waals surface area contributed by atoms with Gasteiger partial charge in [-0.25, -0.2) is 8.42 Å². The smallest absolute Gasteiger partial charge is 0.234 e. The van der Waals surface area contributed by atoms with Gasteiger partial charge in [-0.15, -0.1) is 0 Å². The molecule has 0 saturated heterocycles. The third-order valence-electron chi connectivity index (χ3n) is 3.31. The fourth-order valence-corrected chi connectivity index (χ4v) is 2.53. The lowest BCUT2D eigenvalue weighted by molar-refractivity contribution is -0.120. The molecular formula is C14H20N2O3S. The third-order valence-corrected chi connectivity index (χ3v) is 4.44. The van der Waals surface area contributed by atoms with Crippen LogP contribution < -0.4 is 10.6 Å². The summed E-state index contributed by atoms with van der Waals surface area (Å²) < 4.78 is 22.7. The van der Waals surface area contributed by atoms with E-state index < -0.39 is 9.84 Å². The molecule has 2 rings (SSSR count). The van der Waals surface area contributed by atoms with Crippen molar-refractivity contribution in [2.75, 3.05) is 12.8 Å². The monoisotopic (exact) mass is 296 g/mol. The van der Waals surface area contributed by atoms with Crippen LogP contribution in [0.5, 0.6) is 0 Å². The third kappa shape index (κ3) is 4.31. The molecule has 0 aromatic heterocycles. The second kappa shape index (κ2) is 5.93. The number of amides is 1. The lowest BCUT2D eigenvalue weighted by atomic mass is 10.1. The summed E-state index contributed by atoms with van der Waals surface area (Å²) in [5.74, 6) is -0.0448. The van der Waals surface area contributed by atoms with Gasteiger partial charge in [-0.05, 0) is 37.5 Å². The summed E-state index contributed by atoms with van der Waals surface area (Å²) in [5, 5.41) is 6.04. The molecule has 110 valence electrons. The Morgan fingerprint density at radius 3 is 2.40 bits per heavy atom. The normalized spacial score (nSPS) is 16.7.